The van der Waals surface area contributed by atoms with Crippen molar-refractivity contribution in [1.29, 1.82) is 5.26 Å². The van der Waals surface area contributed by atoms with Crippen molar-refractivity contribution in [2.24, 2.45) is 0 Å². The van der Waals surface area contributed by atoms with E-state index < -0.39 is 0 Å². The number of benzene rings is 2. The second kappa shape index (κ2) is 8.56. The quantitative estimate of drug-likeness (QED) is 0.483. The number of nitrogens with zero attached hydrogens (tertiary/aromatic N) is 5. The van der Waals surface area contributed by atoms with E-state index >= 15 is 0 Å². The van der Waals surface area contributed by atoms with Gasteiger partial charge in [-0.25, -0.2) is 4.98 Å². The zero-order valence-corrected chi connectivity index (χ0v) is 17.9. The largest absolute Gasteiger partial charge is 0.497 e. The molecule has 1 aliphatic heterocycles. The molecule has 4 aromatic rings. The number of rotatable bonds is 4. The van der Waals surface area contributed by atoms with Gasteiger partial charge in [0, 0.05) is 55.2 Å². The fraction of sp³-hybridized carbons (Fsp3) is 0.192. The number of hydrogen-bond donors (Lipinski definition) is 0. The molecule has 6 heteroatoms. The standard InChI is InChI=1S/C26H23N5O/c1-32-21-7-8-22-23(17-21)25(19-5-3-2-4-6-19)24(18-27)29-26(22)31-15-13-30(14-16-31)20-9-11-28-12-10-20/h2-12,17H,13-16H2,1H3. The number of aromatic nitrogens is 2. The smallest absolute Gasteiger partial charge is 0.151 e. The number of ether oxygens (including phenoxy) is 1. The average Bonchev–Trinajstić information content (AvgIpc) is 2.88. The molecule has 0 saturated carbocycles. The number of pyridine rings is 2. The second-order valence-corrected chi connectivity index (χ2v) is 7.73. The van der Waals surface area contributed by atoms with E-state index in [1.807, 2.05) is 67.0 Å². The van der Waals surface area contributed by atoms with E-state index in [0.29, 0.717) is 5.69 Å². The fourth-order valence-corrected chi connectivity index (χ4v) is 4.35. The van der Waals surface area contributed by atoms with Crippen molar-refractivity contribution in [1.82, 2.24) is 9.97 Å². The topological polar surface area (TPSA) is 65.3 Å². The lowest BCUT2D eigenvalue weighted by atomic mass is 9.96. The molecule has 32 heavy (non-hydrogen) atoms. The average molecular weight is 422 g/mol. The first kappa shape index (κ1) is 19.8. The maximum absolute atomic E-state index is 10.0. The Labute approximate surface area is 187 Å². The van der Waals surface area contributed by atoms with Gasteiger partial charge in [0.1, 0.15) is 17.6 Å². The van der Waals surface area contributed by atoms with Crippen LogP contribution in [0, 0.1) is 11.3 Å². The lowest BCUT2D eigenvalue weighted by molar-refractivity contribution is 0.415. The molecule has 0 N–H and O–H groups in total. The Kier molecular flexibility index (Phi) is 5.30. The molecule has 158 valence electrons. The molecular weight excluding hydrogens is 398 g/mol. The summed E-state index contributed by atoms with van der Waals surface area (Å²) < 4.78 is 5.51. The lowest BCUT2D eigenvalue weighted by Crippen LogP contribution is -2.47. The molecule has 0 unspecified atom stereocenters. The van der Waals surface area contributed by atoms with E-state index in [4.69, 9.17) is 9.72 Å². The van der Waals surface area contributed by atoms with Crippen LogP contribution in [0.5, 0.6) is 5.75 Å². The third kappa shape index (κ3) is 3.58. The Bertz CT molecular complexity index is 1280. The van der Waals surface area contributed by atoms with Crippen molar-refractivity contribution in [2.75, 3.05) is 43.1 Å². The van der Waals surface area contributed by atoms with Gasteiger partial charge in [0.2, 0.25) is 0 Å². The minimum atomic E-state index is 0.434. The van der Waals surface area contributed by atoms with Crippen molar-refractivity contribution >= 4 is 22.3 Å². The van der Waals surface area contributed by atoms with Crippen LogP contribution in [0.2, 0.25) is 0 Å². The van der Waals surface area contributed by atoms with Gasteiger partial charge < -0.3 is 14.5 Å². The molecule has 2 aromatic heterocycles. The molecule has 2 aromatic carbocycles. The van der Waals surface area contributed by atoms with Crippen LogP contribution in [0.15, 0.2) is 73.1 Å². The van der Waals surface area contributed by atoms with Gasteiger partial charge in [-0.1, -0.05) is 30.3 Å². The zero-order valence-electron chi connectivity index (χ0n) is 17.9. The Balaban J connectivity index is 1.58. The molecule has 5 rings (SSSR count). The number of methoxy groups -OCH3 is 1. The monoisotopic (exact) mass is 421 g/mol. The van der Waals surface area contributed by atoms with Gasteiger partial charge in [-0.3, -0.25) is 4.98 Å². The van der Waals surface area contributed by atoms with Crippen LogP contribution in [0.3, 0.4) is 0 Å². The fourth-order valence-electron chi connectivity index (χ4n) is 4.35. The molecule has 0 atom stereocenters. The van der Waals surface area contributed by atoms with Gasteiger partial charge in [-0.15, -0.1) is 0 Å². The van der Waals surface area contributed by atoms with Gasteiger partial charge in [0.25, 0.3) is 0 Å². The van der Waals surface area contributed by atoms with Crippen LogP contribution in [0.4, 0.5) is 11.5 Å². The van der Waals surface area contributed by atoms with E-state index in [9.17, 15) is 5.26 Å². The summed E-state index contributed by atoms with van der Waals surface area (Å²) in [5.41, 5.74) is 3.44. The van der Waals surface area contributed by atoms with Crippen molar-refractivity contribution < 1.29 is 4.74 Å². The second-order valence-electron chi connectivity index (χ2n) is 7.73. The molecule has 0 radical (unpaired) electrons. The molecule has 0 amide bonds. The summed E-state index contributed by atoms with van der Waals surface area (Å²) in [7, 11) is 1.66. The normalized spacial score (nSPS) is 13.8. The van der Waals surface area contributed by atoms with E-state index in [-0.39, 0.29) is 0 Å². The zero-order chi connectivity index (χ0) is 21.9. The summed E-state index contributed by atoms with van der Waals surface area (Å²) in [5.74, 6) is 1.62. The summed E-state index contributed by atoms with van der Waals surface area (Å²) in [6, 6.07) is 22.4. The van der Waals surface area contributed by atoms with Gasteiger partial charge in [-0.05, 0) is 41.3 Å². The minimum Gasteiger partial charge on any atom is -0.497 e. The van der Waals surface area contributed by atoms with Crippen molar-refractivity contribution in [2.45, 2.75) is 0 Å². The molecule has 0 bridgehead atoms. The Morgan fingerprint density at radius 3 is 2.28 bits per heavy atom. The van der Waals surface area contributed by atoms with E-state index in [1.165, 1.54) is 5.69 Å². The minimum absolute atomic E-state index is 0.434. The van der Waals surface area contributed by atoms with Crippen LogP contribution in [-0.4, -0.2) is 43.3 Å². The number of piperazine rings is 1. The first-order valence-electron chi connectivity index (χ1n) is 10.7. The SMILES string of the molecule is COc1ccc2c(N3CCN(c4ccncc4)CC3)nc(C#N)c(-c3ccccc3)c2c1. The van der Waals surface area contributed by atoms with E-state index in [1.54, 1.807) is 7.11 Å². The van der Waals surface area contributed by atoms with Crippen molar-refractivity contribution in [3.8, 4) is 22.9 Å². The molecule has 1 saturated heterocycles. The van der Waals surface area contributed by atoms with E-state index in [2.05, 4.69) is 26.9 Å². The van der Waals surface area contributed by atoms with Crippen LogP contribution in [0.25, 0.3) is 21.9 Å². The molecule has 3 heterocycles. The van der Waals surface area contributed by atoms with Crippen molar-refractivity contribution in [3.05, 3.63) is 78.8 Å². The predicted molar refractivity (Wildman–Crippen MR) is 127 cm³/mol. The molecule has 0 aliphatic carbocycles. The summed E-state index contributed by atoms with van der Waals surface area (Å²) in [6.07, 6.45) is 3.65. The lowest BCUT2D eigenvalue weighted by Gasteiger charge is -2.37. The molecular formula is C26H23N5O. The third-order valence-corrected chi connectivity index (χ3v) is 5.97. The summed E-state index contributed by atoms with van der Waals surface area (Å²) in [4.78, 5) is 13.6. The van der Waals surface area contributed by atoms with Gasteiger partial charge in [0.15, 0.2) is 5.69 Å². The molecule has 1 aliphatic rings. The number of nitriles is 1. The van der Waals surface area contributed by atoms with Gasteiger partial charge in [-0.2, -0.15) is 5.26 Å². The summed E-state index contributed by atoms with van der Waals surface area (Å²) >= 11 is 0. The van der Waals surface area contributed by atoms with Gasteiger partial charge >= 0.3 is 0 Å². The Morgan fingerprint density at radius 2 is 1.59 bits per heavy atom. The predicted octanol–water partition coefficient (Wildman–Crippen LogP) is 4.50. The summed E-state index contributed by atoms with van der Waals surface area (Å²) in [6.45, 7) is 3.41. The first-order valence-corrected chi connectivity index (χ1v) is 10.7. The Hall–Kier alpha value is -4.11. The highest BCUT2D eigenvalue weighted by molar-refractivity contribution is 6.04. The maximum Gasteiger partial charge on any atom is 0.151 e. The highest BCUT2D eigenvalue weighted by atomic mass is 16.5. The van der Waals surface area contributed by atoms with E-state index in [0.717, 1.165) is 59.6 Å². The van der Waals surface area contributed by atoms with Crippen LogP contribution < -0.4 is 14.5 Å². The molecule has 6 nitrogen and oxygen atoms in total. The van der Waals surface area contributed by atoms with Crippen LogP contribution in [0.1, 0.15) is 5.69 Å². The Morgan fingerprint density at radius 1 is 0.875 bits per heavy atom. The number of fused-ring (bicyclic) bond motifs is 1. The van der Waals surface area contributed by atoms with Crippen LogP contribution in [-0.2, 0) is 0 Å². The summed E-state index contributed by atoms with van der Waals surface area (Å²) in [5, 5.41) is 12.0. The first-order chi connectivity index (χ1) is 15.8. The van der Waals surface area contributed by atoms with Gasteiger partial charge in [0.05, 0.1) is 7.11 Å². The van der Waals surface area contributed by atoms with Crippen molar-refractivity contribution in [3.63, 3.8) is 0 Å². The molecule has 0 spiro atoms. The third-order valence-electron chi connectivity index (χ3n) is 5.97. The maximum atomic E-state index is 10.0. The highest BCUT2D eigenvalue weighted by Gasteiger charge is 2.23. The highest BCUT2D eigenvalue weighted by Crippen LogP contribution is 2.38. The number of hydrogen-bond acceptors (Lipinski definition) is 6. The number of anilines is 2. The van der Waals surface area contributed by atoms with Crippen LogP contribution >= 0.6 is 0 Å². The molecule has 1 fully saturated rings.